The quantitative estimate of drug-likeness (QED) is 0.727. The Hall–Kier alpha value is -1.11. The molecule has 7 heteroatoms. The summed E-state index contributed by atoms with van der Waals surface area (Å²) in [6.45, 7) is 4.86. The highest BCUT2D eigenvalue weighted by molar-refractivity contribution is 9.10. The Morgan fingerprint density at radius 2 is 2.09 bits per heavy atom. The molecule has 2 rings (SSSR count). The van der Waals surface area contributed by atoms with Crippen molar-refractivity contribution in [1.82, 2.24) is 15.1 Å². The van der Waals surface area contributed by atoms with Gasteiger partial charge in [0.15, 0.2) is 10.9 Å². The van der Waals surface area contributed by atoms with Crippen LogP contribution in [0.15, 0.2) is 34.9 Å². The van der Waals surface area contributed by atoms with Crippen molar-refractivity contribution in [1.29, 1.82) is 0 Å². The van der Waals surface area contributed by atoms with Crippen LogP contribution in [-0.4, -0.2) is 20.9 Å². The summed E-state index contributed by atoms with van der Waals surface area (Å²) in [6.07, 6.45) is 2.93. The lowest BCUT2D eigenvalue weighted by atomic mass is 10.2. The van der Waals surface area contributed by atoms with Gasteiger partial charge in [-0.05, 0) is 59.2 Å². The van der Waals surface area contributed by atoms with Crippen molar-refractivity contribution in [2.45, 2.75) is 32.9 Å². The monoisotopic (exact) mass is 400 g/mol. The molecule has 1 unspecified atom stereocenters. The van der Waals surface area contributed by atoms with Gasteiger partial charge < -0.3 is 10.6 Å². The number of aromatic nitrogens is 2. The molecule has 2 N–H and O–H groups in total. The van der Waals surface area contributed by atoms with E-state index in [-0.39, 0.29) is 0 Å². The standard InChI is InChI=1S/C15H18BrClN4S/c1-3-10(2)18-15(22)19-14-13(16)9-21(20-14)8-11-4-6-12(17)7-5-11/h4-7,9-10H,3,8H2,1-2H3,(H2,18,19,20,22). The van der Waals surface area contributed by atoms with E-state index in [4.69, 9.17) is 23.8 Å². The molecule has 1 aromatic carbocycles. The minimum atomic E-state index is 0.329. The smallest absolute Gasteiger partial charge is 0.172 e. The maximum atomic E-state index is 5.89. The maximum Gasteiger partial charge on any atom is 0.172 e. The fraction of sp³-hybridized carbons (Fsp3) is 0.333. The molecule has 118 valence electrons. The van der Waals surface area contributed by atoms with E-state index < -0.39 is 0 Å². The van der Waals surface area contributed by atoms with Crippen LogP contribution in [0.25, 0.3) is 0 Å². The third-order valence-corrected chi connectivity index (χ3v) is 4.25. The number of hydrogen-bond donors (Lipinski definition) is 2. The first-order valence-electron chi connectivity index (χ1n) is 7.03. The second-order valence-electron chi connectivity index (χ2n) is 5.06. The highest BCUT2D eigenvalue weighted by atomic mass is 79.9. The van der Waals surface area contributed by atoms with Gasteiger partial charge in [0.2, 0.25) is 0 Å². The van der Waals surface area contributed by atoms with E-state index in [1.165, 1.54) is 0 Å². The van der Waals surface area contributed by atoms with Crippen LogP contribution in [-0.2, 0) is 6.54 Å². The number of nitrogens with one attached hydrogen (secondary N) is 2. The van der Waals surface area contributed by atoms with Crippen LogP contribution in [0.1, 0.15) is 25.8 Å². The molecule has 1 aromatic heterocycles. The second-order valence-corrected chi connectivity index (χ2v) is 6.76. The van der Waals surface area contributed by atoms with Crippen molar-refractivity contribution >= 4 is 50.7 Å². The van der Waals surface area contributed by atoms with Gasteiger partial charge in [0.1, 0.15) is 0 Å². The van der Waals surface area contributed by atoms with Crippen molar-refractivity contribution in [3.8, 4) is 0 Å². The van der Waals surface area contributed by atoms with Crippen LogP contribution in [0.4, 0.5) is 5.82 Å². The van der Waals surface area contributed by atoms with Crippen molar-refractivity contribution in [3.63, 3.8) is 0 Å². The number of rotatable bonds is 5. The number of nitrogens with zero attached hydrogens (tertiary/aromatic N) is 2. The Bertz CT molecular complexity index is 641. The molecule has 0 aliphatic carbocycles. The first-order chi connectivity index (χ1) is 10.5. The molecular formula is C15H18BrClN4S. The zero-order valence-electron chi connectivity index (χ0n) is 12.4. The van der Waals surface area contributed by atoms with Gasteiger partial charge in [-0.15, -0.1) is 0 Å². The largest absolute Gasteiger partial charge is 0.360 e. The van der Waals surface area contributed by atoms with E-state index in [0.29, 0.717) is 23.5 Å². The van der Waals surface area contributed by atoms with Gasteiger partial charge in [0.05, 0.1) is 11.0 Å². The molecule has 0 radical (unpaired) electrons. The topological polar surface area (TPSA) is 41.9 Å². The van der Waals surface area contributed by atoms with Gasteiger partial charge in [-0.2, -0.15) is 5.10 Å². The minimum Gasteiger partial charge on any atom is -0.360 e. The lowest BCUT2D eigenvalue weighted by Gasteiger charge is -2.14. The van der Waals surface area contributed by atoms with Gasteiger partial charge in [0, 0.05) is 17.3 Å². The molecule has 0 aliphatic heterocycles. The number of hydrogen-bond acceptors (Lipinski definition) is 2. The van der Waals surface area contributed by atoms with Crippen molar-refractivity contribution in [2.24, 2.45) is 0 Å². The lowest BCUT2D eigenvalue weighted by molar-refractivity contribution is 0.645. The summed E-state index contributed by atoms with van der Waals surface area (Å²) < 4.78 is 2.72. The normalized spacial score (nSPS) is 12.0. The van der Waals surface area contributed by atoms with Crippen LogP contribution in [0.2, 0.25) is 5.02 Å². The zero-order valence-corrected chi connectivity index (χ0v) is 15.6. The van der Waals surface area contributed by atoms with Crippen LogP contribution in [0.5, 0.6) is 0 Å². The predicted octanol–water partition coefficient (Wildman–Crippen LogP) is 4.43. The summed E-state index contributed by atoms with van der Waals surface area (Å²) in [5, 5.41) is 12.1. The molecule has 22 heavy (non-hydrogen) atoms. The molecule has 0 saturated carbocycles. The molecule has 0 bridgehead atoms. The molecule has 0 spiro atoms. The predicted molar refractivity (Wildman–Crippen MR) is 99.6 cm³/mol. The Balaban J connectivity index is 2.01. The van der Waals surface area contributed by atoms with Gasteiger partial charge in [-0.1, -0.05) is 30.7 Å². The van der Waals surface area contributed by atoms with E-state index in [1.807, 2.05) is 35.1 Å². The molecule has 0 amide bonds. The van der Waals surface area contributed by atoms with Crippen LogP contribution in [0, 0.1) is 0 Å². The number of halogens is 2. The summed E-state index contributed by atoms with van der Waals surface area (Å²) in [5.41, 5.74) is 1.13. The highest BCUT2D eigenvalue weighted by Gasteiger charge is 2.09. The summed E-state index contributed by atoms with van der Waals surface area (Å²) in [6, 6.07) is 8.05. The van der Waals surface area contributed by atoms with E-state index in [0.717, 1.165) is 21.5 Å². The van der Waals surface area contributed by atoms with Crippen molar-refractivity contribution < 1.29 is 0 Å². The SMILES string of the molecule is CCC(C)NC(=S)Nc1nn(Cc2ccc(Cl)cc2)cc1Br. The van der Waals surface area contributed by atoms with Gasteiger partial charge in [0.25, 0.3) is 0 Å². The third-order valence-electron chi connectivity index (χ3n) is 3.20. The van der Waals surface area contributed by atoms with Crippen molar-refractivity contribution in [2.75, 3.05) is 5.32 Å². The molecule has 2 aromatic rings. The second kappa shape index (κ2) is 7.94. The van der Waals surface area contributed by atoms with E-state index in [1.54, 1.807) is 0 Å². The van der Waals surface area contributed by atoms with Crippen LogP contribution >= 0.6 is 39.7 Å². The Labute approximate surface area is 149 Å². The first-order valence-corrected chi connectivity index (χ1v) is 8.60. The summed E-state index contributed by atoms with van der Waals surface area (Å²) in [5.74, 6) is 0.703. The fourth-order valence-corrected chi connectivity index (χ4v) is 2.65. The van der Waals surface area contributed by atoms with Crippen molar-refractivity contribution in [3.05, 3.63) is 45.5 Å². The van der Waals surface area contributed by atoms with E-state index in [2.05, 4.69) is 45.5 Å². The van der Waals surface area contributed by atoms with Gasteiger partial charge >= 0.3 is 0 Å². The highest BCUT2D eigenvalue weighted by Crippen LogP contribution is 2.21. The molecule has 0 fully saturated rings. The molecular weight excluding hydrogens is 384 g/mol. The molecule has 4 nitrogen and oxygen atoms in total. The first kappa shape index (κ1) is 17.2. The summed E-state index contributed by atoms with van der Waals surface area (Å²) >= 11 is 14.7. The molecule has 1 atom stereocenters. The Morgan fingerprint density at radius 3 is 2.73 bits per heavy atom. The Kier molecular flexibility index (Phi) is 6.23. The third kappa shape index (κ3) is 4.97. The summed E-state index contributed by atoms with van der Waals surface area (Å²) in [4.78, 5) is 0. The Morgan fingerprint density at radius 1 is 1.41 bits per heavy atom. The number of anilines is 1. The number of thiocarbonyl (C=S) groups is 1. The fourth-order valence-electron chi connectivity index (χ4n) is 1.81. The molecule has 0 saturated heterocycles. The average molecular weight is 402 g/mol. The minimum absolute atomic E-state index is 0.329. The van der Waals surface area contributed by atoms with Crippen LogP contribution in [0.3, 0.4) is 0 Å². The summed E-state index contributed by atoms with van der Waals surface area (Å²) in [7, 11) is 0. The maximum absolute atomic E-state index is 5.89. The van der Waals surface area contributed by atoms with E-state index >= 15 is 0 Å². The number of benzene rings is 1. The molecule has 0 aliphatic rings. The van der Waals surface area contributed by atoms with Gasteiger partial charge in [-0.3, -0.25) is 4.68 Å². The van der Waals surface area contributed by atoms with Gasteiger partial charge in [-0.25, -0.2) is 0 Å². The zero-order chi connectivity index (χ0) is 16.1. The molecule has 1 heterocycles. The van der Waals surface area contributed by atoms with E-state index in [9.17, 15) is 0 Å². The lowest BCUT2D eigenvalue weighted by Crippen LogP contribution is -2.35. The van der Waals surface area contributed by atoms with Crippen LogP contribution < -0.4 is 10.6 Å². The average Bonchev–Trinajstić information content (AvgIpc) is 2.81.